The highest BCUT2D eigenvalue weighted by atomic mass is 79.9. The van der Waals surface area contributed by atoms with E-state index in [2.05, 4.69) is 103 Å². The summed E-state index contributed by atoms with van der Waals surface area (Å²) in [5.74, 6) is -2.44. The van der Waals surface area contributed by atoms with E-state index >= 15 is 0 Å². The number of piperidine rings is 3. The summed E-state index contributed by atoms with van der Waals surface area (Å²) in [4.78, 5) is 152. The fraction of sp³-hybridized carbons (Fsp3) is 0.509. The SMILES string of the molecule is CC(C)(C)OC(=O)N1CCCC(N)C1.CC(C)(C)OC(=O)N1CCCC(Nc2cc(-c3ccc(F)c(CC(=O)c4cnc(C(C)(C)C)cn4)c3)n[nH]c2=O)C1.CC(C)(C)OC(=O)N1CCCC(Nc2cc(Cl)n[nH]c2=O)C1.CC(C)(C)c1cnc(C(=O)Cc2cc(-c3cc(NC4CCCCC4)c(=O)[nH]n3)ccc2F)cn1.CC(C)(C)c1cnc(C(=O)Cc2cc(B3OC(C)(C)C(C)(C)O3)ccc2F)cn1.O=c1[nH]nc(Cl)cc1Br. The lowest BCUT2D eigenvalue weighted by molar-refractivity contribution is 0.00578. The summed E-state index contributed by atoms with van der Waals surface area (Å²) in [6.45, 7) is 46.0. The average Bonchev–Trinajstić information content (AvgIpc) is 1.61. The van der Waals surface area contributed by atoms with Crippen molar-refractivity contribution in [3.05, 3.63) is 241 Å². The second-order valence-corrected chi connectivity index (χ2v) is 46.0. The summed E-state index contributed by atoms with van der Waals surface area (Å²) in [6.07, 6.45) is 18.4. The molecule has 9 N–H and O–H groups in total. The van der Waals surface area contributed by atoms with E-state index in [1.807, 2.05) is 152 Å². The number of rotatable bonds is 18. The quantitative estimate of drug-likeness (QED) is 0.0225. The number of anilines is 3. The van der Waals surface area contributed by atoms with Gasteiger partial charge in [0.1, 0.15) is 68.4 Å². The van der Waals surface area contributed by atoms with Crippen molar-refractivity contribution in [3.63, 3.8) is 0 Å². The zero-order valence-corrected chi connectivity index (χ0v) is 91.9. The van der Waals surface area contributed by atoms with Gasteiger partial charge in [-0.15, -0.1) is 0 Å². The van der Waals surface area contributed by atoms with Crippen molar-refractivity contribution in [3.8, 4) is 22.5 Å². The Hall–Kier alpha value is -12.6. The van der Waals surface area contributed by atoms with Crippen LogP contribution in [0.25, 0.3) is 22.5 Å². The molecule has 1 saturated carbocycles. The molecule has 15 rings (SSSR count). The van der Waals surface area contributed by atoms with E-state index in [1.165, 1.54) is 61.4 Å². The van der Waals surface area contributed by atoms with Crippen LogP contribution in [0.1, 0.15) is 288 Å². The Bertz CT molecular complexity index is 6560. The van der Waals surface area contributed by atoms with Crippen LogP contribution < -0.4 is 49.4 Å². The number of likely N-dealkylation sites (tertiary alicyclic amines) is 3. The number of carbonyl (C=O) groups excluding carboxylic acids is 6. The molecule has 3 aromatic carbocycles. The molecule has 3 amide bonds. The van der Waals surface area contributed by atoms with Gasteiger partial charge in [0, 0.05) is 135 Å². The fourth-order valence-corrected chi connectivity index (χ4v) is 16.5. The minimum atomic E-state index is -0.611. The predicted octanol–water partition coefficient (Wildman–Crippen LogP) is 18.1. The number of nitrogens with two attached hydrogens (primary N) is 1. The van der Waals surface area contributed by atoms with Crippen molar-refractivity contribution in [2.75, 3.05) is 55.2 Å². The number of ether oxygens (including phenoxy) is 3. The molecule has 4 saturated heterocycles. The number of amides is 3. The van der Waals surface area contributed by atoms with Gasteiger partial charge >= 0.3 is 25.4 Å². The van der Waals surface area contributed by atoms with Crippen LogP contribution in [-0.4, -0.2) is 220 Å². The highest BCUT2D eigenvalue weighted by molar-refractivity contribution is 9.10. The highest BCUT2D eigenvalue weighted by Crippen LogP contribution is 2.38. The molecule has 0 radical (unpaired) electrons. The normalized spacial score (nSPS) is 16.8. The summed E-state index contributed by atoms with van der Waals surface area (Å²) in [6, 6.07) is 19.8. The number of Topliss-reactive ketones (excluding diaryl/α,β-unsaturated/α-hetero) is 3. The Balaban J connectivity index is 0.000000192. The van der Waals surface area contributed by atoms with Crippen molar-refractivity contribution in [2.45, 2.75) is 311 Å². The first-order chi connectivity index (χ1) is 69.5. The van der Waals surface area contributed by atoms with Gasteiger partial charge in [0.05, 0.1) is 62.7 Å². The molecule has 3 atom stereocenters. The van der Waals surface area contributed by atoms with Gasteiger partial charge in [-0.1, -0.05) is 117 Å². The maximum Gasteiger partial charge on any atom is 0.494 e. The molecule has 3 unspecified atom stereocenters. The highest BCUT2D eigenvalue weighted by Gasteiger charge is 2.52. The monoisotopic (exact) mass is 2160 g/mol. The van der Waals surface area contributed by atoms with Gasteiger partial charge in [0.2, 0.25) is 0 Å². The standard InChI is InChI=1S/C30H37FN6O4.C26H30FN5O2.C22H28BFN2O3.C14H21ClN4O3.C10H20N2O2.C4H2BrClN2O/c1-29(2,3)26-16-32-24(15-33-26)25(38)13-19-12-18(9-10-21(19)31)22-14-23(27(39)36-35-22)34-20-8-7-11-37(17-20)28(40)41-30(4,5)6;1-26(2,3)24-15-28-22(14-29-24)23(33)12-17-11-16(9-10-19(17)27)20-13-21(25(34)32-31-20)30-18-7-5-4-6-8-18;1-20(2,3)19-13-25-17(12-26-19)18(27)11-14-10-15(8-9-16(14)24)23-28-21(4,5)22(6,7)29-23;1-14(2,3)22-13(21)19-6-4-5-9(8-19)16-10-7-11(15)17-18-12(10)20;1-10(2,3)14-9(13)12-6-4-5-8(11)7-12;5-2-1-3(6)7-8-4(2)9/h9-10,12,14-16,20H,7-8,11,13,17H2,1-6H3,(H,34,35)(H,36,39);9-11,13-15,18H,4-8,12H2,1-3H3,(H,30,31)(H,32,34);8-10,12-13H,11H2,1-7H3;7,9H,4-6,8H2,1-3H3,(H,16,17)(H,18,20);8H,4-7,11H2,1-3H3;1H,(H,8,9). The number of benzene rings is 3. The first-order valence-electron chi connectivity index (χ1n) is 49.7. The van der Waals surface area contributed by atoms with Crippen molar-refractivity contribution in [2.24, 2.45) is 5.73 Å². The zero-order chi connectivity index (χ0) is 110. The summed E-state index contributed by atoms with van der Waals surface area (Å²) in [5, 5.41) is 35.0. The number of H-pyrrole nitrogens is 4. The molecule has 0 bridgehead atoms. The maximum absolute atomic E-state index is 14.7. The first kappa shape index (κ1) is 118. The summed E-state index contributed by atoms with van der Waals surface area (Å²) < 4.78 is 72.2. The molecule has 802 valence electrons. The average molecular weight is 2170 g/mol. The molecule has 7 aromatic heterocycles. The van der Waals surface area contributed by atoms with Crippen LogP contribution in [0.15, 0.2) is 140 Å². The van der Waals surface area contributed by atoms with Crippen molar-refractivity contribution in [1.82, 2.24) is 85.4 Å². The van der Waals surface area contributed by atoms with Gasteiger partial charge in [0.15, 0.2) is 27.7 Å². The number of hydrogen-bond donors (Lipinski definition) is 8. The van der Waals surface area contributed by atoms with E-state index in [0.717, 1.165) is 87.8 Å². The fourth-order valence-electron chi connectivity index (χ4n) is 15.7. The van der Waals surface area contributed by atoms with Gasteiger partial charge in [-0.05, 0) is 240 Å². The lowest BCUT2D eigenvalue weighted by atomic mass is 9.78. The van der Waals surface area contributed by atoms with Crippen LogP contribution >= 0.6 is 39.1 Å². The number of nitrogens with one attached hydrogen (secondary N) is 7. The molecule has 5 fully saturated rings. The number of ketones is 3. The summed E-state index contributed by atoms with van der Waals surface area (Å²) in [7, 11) is -0.611. The van der Waals surface area contributed by atoms with Crippen LogP contribution in [0.4, 0.5) is 44.6 Å². The molecule has 43 heteroatoms. The molecule has 10 aromatic rings. The Morgan fingerprint density at radius 2 is 0.752 bits per heavy atom. The molecule has 11 heterocycles. The van der Waals surface area contributed by atoms with E-state index < -0.39 is 64.2 Å². The molecule has 5 aliphatic rings. The van der Waals surface area contributed by atoms with E-state index in [-0.39, 0.29) is 156 Å². The van der Waals surface area contributed by atoms with E-state index in [4.69, 9.17) is 52.5 Å². The van der Waals surface area contributed by atoms with Crippen LogP contribution in [-0.2, 0) is 59.0 Å². The van der Waals surface area contributed by atoms with Crippen LogP contribution in [0, 0.1) is 17.5 Å². The molecule has 0 spiro atoms. The van der Waals surface area contributed by atoms with Crippen molar-refractivity contribution in [1.29, 1.82) is 0 Å². The largest absolute Gasteiger partial charge is 0.494 e. The molecule has 149 heavy (non-hydrogen) atoms. The summed E-state index contributed by atoms with van der Waals surface area (Å²) in [5.41, 5.74) is 8.79. The van der Waals surface area contributed by atoms with Crippen LogP contribution in [0.5, 0.6) is 0 Å². The second-order valence-electron chi connectivity index (χ2n) is 44.4. The molecule has 1 aliphatic carbocycles. The van der Waals surface area contributed by atoms with Gasteiger partial charge in [-0.2, -0.15) is 20.4 Å². The number of nitrogens with zero attached hydrogens (tertiary/aromatic N) is 13. The smallest absolute Gasteiger partial charge is 0.444 e. The number of halogens is 6. The Labute approximate surface area is 884 Å². The molecule has 36 nitrogen and oxygen atoms in total. The number of carbonyl (C=O) groups is 6. The van der Waals surface area contributed by atoms with Crippen LogP contribution in [0.2, 0.25) is 10.3 Å². The van der Waals surface area contributed by atoms with Crippen LogP contribution in [0.3, 0.4) is 0 Å². The van der Waals surface area contributed by atoms with Gasteiger partial charge in [0.25, 0.3) is 22.2 Å². The number of hydrogen-bond acceptors (Lipinski definition) is 29. The zero-order valence-electron chi connectivity index (χ0n) is 88.8. The lowest BCUT2D eigenvalue weighted by Gasteiger charge is -2.34. The molecular formula is C106H138BBrCl2F3N21O15. The minimum absolute atomic E-state index is 0.0270. The molecule has 4 aliphatic heterocycles. The second kappa shape index (κ2) is 50.8. The Kier molecular flexibility index (Phi) is 40.4. The third-order valence-corrected chi connectivity index (χ3v) is 25.5. The topological polar surface area (TPSA) is 481 Å². The molecular weight excluding hydrogens is 2030 g/mol. The van der Waals surface area contributed by atoms with E-state index in [9.17, 15) is 61.1 Å². The Morgan fingerprint density at radius 1 is 0.423 bits per heavy atom. The van der Waals surface area contributed by atoms with Crippen molar-refractivity contribution < 1.29 is 65.5 Å². The third-order valence-electron chi connectivity index (χ3n) is 24.5. The maximum atomic E-state index is 14.7. The van der Waals surface area contributed by atoms with E-state index in [0.29, 0.717) is 76.5 Å². The lowest BCUT2D eigenvalue weighted by Crippen LogP contribution is -2.47. The Morgan fingerprint density at radius 3 is 1.10 bits per heavy atom. The van der Waals surface area contributed by atoms with Gasteiger partial charge < -0.3 is 59.9 Å². The number of aromatic amines is 4. The summed E-state index contributed by atoms with van der Waals surface area (Å²) >= 11 is 14.2. The van der Waals surface area contributed by atoms with Gasteiger partial charge in [-0.25, -0.2) is 62.9 Å². The predicted molar refractivity (Wildman–Crippen MR) is 571 cm³/mol. The number of aromatic nitrogens is 14. The van der Waals surface area contributed by atoms with E-state index in [1.54, 1.807) is 75.8 Å². The van der Waals surface area contributed by atoms with Crippen molar-refractivity contribution >= 4 is 104 Å². The van der Waals surface area contributed by atoms with Gasteiger partial charge in [-0.3, -0.25) is 48.5 Å². The minimum Gasteiger partial charge on any atom is -0.444 e. The first-order valence-corrected chi connectivity index (χ1v) is 51.2. The third kappa shape index (κ3) is 36.1.